The molecule has 1 saturated heterocycles. The van der Waals surface area contributed by atoms with Crippen LogP contribution in [0.15, 0.2) is 44.3 Å². The highest BCUT2D eigenvalue weighted by Gasteiger charge is 2.26. The number of aromatic nitrogens is 2. The van der Waals surface area contributed by atoms with Crippen LogP contribution >= 0.6 is 0 Å². The van der Waals surface area contributed by atoms with Gasteiger partial charge in [-0.2, -0.15) is 0 Å². The second-order valence-electron chi connectivity index (χ2n) is 7.00. The number of hydrogen-bond donors (Lipinski definition) is 2. The van der Waals surface area contributed by atoms with Crippen molar-refractivity contribution >= 4 is 17.0 Å². The summed E-state index contributed by atoms with van der Waals surface area (Å²) < 4.78 is 12.2. The molecule has 3 aromatic rings. The number of para-hydroxylation sites is 1. The zero-order chi connectivity index (χ0) is 19.8. The van der Waals surface area contributed by atoms with Gasteiger partial charge in [0.2, 0.25) is 5.71 Å². The Hall–Kier alpha value is -3.13. The highest BCUT2D eigenvalue weighted by Crippen LogP contribution is 2.22. The molecule has 3 heterocycles. The molecule has 8 heteroatoms. The van der Waals surface area contributed by atoms with E-state index in [0.29, 0.717) is 12.2 Å². The summed E-state index contributed by atoms with van der Waals surface area (Å²) in [4.78, 5) is 40.8. The maximum atomic E-state index is 13.1. The Morgan fingerprint density at radius 2 is 2.00 bits per heavy atom. The smallest absolute Gasteiger partial charge is 0.335 e. The van der Waals surface area contributed by atoms with E-state index >= 15 is 0 Å². The lowest BCUT2D eigenvalue weighted by Gasteiger charge is -2.12. The minimum Gasteiger partial charge on any atom is -0.444 e. The summed E-state index contributed by atoms with van der Waals surface area (Å²) in [7, 11) is 0. The fourth-order valence-electron chi connectivity index (χ4n) is 3.61. The second-order valence-corrected chi connectivity index (χ2v) is 7.00. The fraction of sp³-hybridized carbons (Fsp3) is 0.350. The minimum atomic E-state index is -0.627. The summed E-state index contributed by atoms with van der Waals surface area (Å²) in [5.74, 6) is -0.157. The maximum Gasteiger partial charge on any atom is 0.335 e. The lowest BCUT2D eigenvalue weighted by Crippen LogP contribution is -2.35. The Morgan fingerprint density at radius 1 is 1.25 bits per heavy atom. The molecule has 4 rings (SSSR count). The fourth-order valence-corrected chi connectivity index (χ4v) is 3.61. The number of aryl methyl sites for hydroxylation is 1. The van der Waals surface area contributed by atoms with Crippen LogP contribution in [0.5, 0.6) is 0 Å². The van der Waals surface area contributed by atoms with E-state index in [1.54, 1.807) is 37.3 Å². The van der Waals surface area contributed by atoms with Crippen molar-refractivity contribution in [3.8, 4) is 5.69 Å². The molecule has 2 atom stereocenters. The summed E-state index contributed by atoms with van der Waals surface area (Å²) in [6.07, 6.45) is 1.97. The van der Waals surface area contributed by atoms with Gasteiger partial charge in [0.15, 0.2) is 0 Å². The number of carbonyl (C=O) groups is 1. The molecular formula is C20H21N3O5. The van der Waals surface area contributed by atoms with Gasteiger partial charge in [-0.25, -0.2) is 9.36 Å². The number of ether oxygens (including phenoxy) is 1. The molecule has 2 unspecified atom stereocenters. The number of furan rings is 1. The van der Waals surface area contributed by atoms with Crippen molar-refractivity contribution in [1.82, 2.24) is 14.9 Å². The number of H-pyrrole nitrogens is 1. The van der Waals surface area contributed by atoms with Crippen LogP contribution in [-0.2, 0) is 4.74 Å². The van der Waals surface area contributed by atoms with Crippen molar-refractivity contribution in [3.63, 3.8) is 0 Å². The van der Waals surface area contributed by atoms with E-state index in [2.05, 4.69) is 10.3 Å². The lowest BCUT2D eigenvalue weighted by atomic mass is 10.1. The standard InChI is InChI=1S/C20H21N3O5/c1-11-8-9-14(27-11)10-21-17(24)15-12(2)28-18-16(15)19(25)23(20(26)22-18)13-6-4-3-5-7-13/h3-7,11,14H,8-10H2,1-2H3,(H,21,24)(H,22,26). The Balaban J connectivity index is 1.74. The molecule has 2 N–H and O–H groups in total. The van der Waals surface area contributed by atoms with Crippen LogP contribution in [0, 0.1) is 6.92 Å². The summed E-state index contributed by atoms with van der Waals surface area (Å²) in [6, 6.07) is 8.53. The normalized spacial score (nSPS) is 19.2. The highest BCUT2D eigenvalue weighted by molar-refractivity contribution is 6.06. The molecular weight excluding hydrogens is 362 g/mol. The molecule has 0 aliphatic carbocycles. The van der Waals surface area contributed by atoms with Gasteiger partial charge in [0, 0.05) is 6.54 Å². The molecule has 0 saturated carbocycles. The van der Waals surface area contributed by atoms with Crippen molar-refractivity contribution in [2.45, 2.75) is 38.9 Å². The minimum absolute atomic E-state index is 0.00410. The van der Waals surface area contributed by atoms with Gasteiger partial charge in [0.1, 0.15) is 11.1 Å². The second kappa shape index (κ2) is 7.12. The van der Waals surface area contributed by atoms with Crippen LogP contribution in [0.1, 0.15) is 35.9 Å². The first kappa shape index (κ1) is 18.2. The third kappa shape index (κ3) is 3.16. The lowest BCUT2D eigenvalue weighted by molar-refractivity contribution is 0.0536. The Bertz CT molecular complexity index is 1140. The van der Waals surface area contributed by atoms with E-state index in [-0.39, 0.29) is 34.6 Å². The summed E-state index contributed by atoms with van der Waals surface area (Å²) in [6.45, 7) is 3.94. The van der Waals surface area contributed by atoms with Gasteiger partial charge in [-0.15, -0.1) is 0 Å². The Morgan fingerprint density at radius 3 is 2.68 bits per heavy atom. The van der Waals surface area contributed by atoms with Gasteiger partial charge in [-0.05, 0) is 38.8 Å². The monoisotopic (exact) mass is 383 g/mol. The van der Waals surface area contributed by atoms with Crippen molar-refractivity contribution in [2.24, 2.45) is 0 Å². The number of nitrogens with one attached hydrogen (secondary N) is 2. The largest absolute Gasteiger partial charge is 0.444 e. The Kier molecular flexibility index (Phi) is 4.64. The number of benzene rings is 1. The number of hydrogen-bond acceptors (Lipinski definition) is 5. The first-order valence-corrected chi connectivity index (χ1v) is 9.23. The van der Waals surface area contributed by atoms with Gasteiger partial charge in [0.05, 0.1) is 23.5 Å². The van der Waals surface area contributed by atoms with E-state index in [1.165, 1.54) is 0 Å². The van der Waals surface area contributed by atoms with Crippen molar-refractivity contribution in [3.05, 3.63) is 62.5 Å². The van der Waals surface area contributed by atoms with Gasteiger partial charge in [0.25, 0.3) is 11.5 Å². The van der Waals surface area contributed by atoms with E-state index in [4.69, 9.17) is 9.15 Å². The number of rotatable bonds is 4. The van der Waals surface area contributed by atoms with E-state index in [1.807, 2.05) is 6.92 Å². The summed E-state index contributed by atoms with van der Waals surface area (Å²) in [5, 5.41) is 2.87. The summed E-state index contributed by atoms with van der Waals surface area (Å²) >= 11 is 0. The quantitative estimate of drug-likeness (QED) is 0.715. The maximum absolute atomic E-state index is 13.1. The van der Waals surface area contributed by atoms with Crippen LogP contribution < -0.4 is 16.6 Å². The SMILES string of the molecule is Cc1oc2[nH]c(=O)n(-c3ccccc3)c(=O)c2c1C(=O)NCC1CCC(C)O1. The van der Waals surface area contributed by atoms with Gasteiger partial charge in [-0.3, -0.25) is 14.6 Å². The first-order chi connectivity index (χ1) is 13.5. The van der Waals surface area contributed by atoms with Crippen LogP contribution in [0.3, 0.4) is 0 Å². The molecule has 1 amide bonds. The third-order valence-corrected chi connectivity index (χ3v) is 4.98. The van der Waals surface area contributed by atoms with Gasteiger partial charge < -0.3 is 14.5 Å². The van der Waals surface area contributed by atoms with Crippen molar-refractivity contribution in [2.75, 3.05) is 6.54 Å². The van der Waals surface area contributed by atoms with Crippen molar-refractivity contribution < 1.29 is 13.9 Å². The number of aromatic amines is 1. The van der Waals surface area contributed by atoms with Crippen LogP contribution in [0.2, 0.25) is 0 Å². The average molecular weight is 383 g/mol. The van der Waals surface area contributed by atoms with E-state index in [9.17, 15) is 14.4 Å². The van der Waals surface area contributed by atoms with E-state index < -0.39 is 17.2 Å². The molecule has 8 nitrogen and oxygen atoms in total. The third-order valence-electron chi connectivity index (χ3n) is 4.98. The van der Waals surface area contributed by atoms with Crippen LogP contribution in [0.25, 0.3) is 16.8 Å². The number of carbonyl (C=O) groups excluding carboxylic acids is 1. The Labute approximate surface area is 160 Å². The number of amides is 1. The topological polar surface area (TPSA) is 106 Å². The molecule has 0 radical (unpaired) electrons. The van der Waals surface area contributed by atoms with Gasteiger partial charge in [-0.1, -0.05) is 18.2 Å². The zero-order valence-corrected chi connectivity index (χ0v) is 15.7. The molecule has 146 valence electrons. The molecule has 1 aliphatic heterocycles. The number of fused-ring (bicyclic) bond motifs is 1. The predicted molar refractivity (Wildman–Crippen MR) is 103 cm³/mol. The van der Waals surface area contributed by atoms with Crippen LogP contribution in [-0.4, -0.2) is 34.2 Å². The molecule has 0 bridgehead atoms. The molecule has 1 fully saturated rings. The first-order valence-electron chi connectivity index (χ1n) is 9.23. The van der Waals surface area contributed by atoms with E-state index in [0.717, 1.165) is 17.4 Å². The number of nitrogens with zero attached hydrogens (tertiary/aromatic N) is 1. The predicted octanol–water partition coefficient (Wildman–Crippen LogP) is 1.88. The average Bonchev–Trinajstić information content (AvgIpc) is 3.23. The molecule has 1 aliphatic rings. The molecule has 28 heavy (non-hydrogen) atoms. The molecule has 0 spiro atoms. The van der Waals surface area contributed by atoms with Gasteiger partial charge >= 0.3 is 5.69 Å². The molecule has 2 aromatic heterocycles. The molecule has 1 aromatic carbocycles. The zero-order valence-electron chi connectivity index (χ0n) is 15.7. The highest BCUT2D eigenvalue weighted by atomic mass is 16.5. The van der Waals surface area contributed by atoms with Crippen molar-refractivity contribution in [1.29, 1.82) is 0 Å². The van der Waals surface area contributed by atoms with Crippen LogP contribution in [0.4, 0.5) is 0 Å². The summed E-state index contributed by atoms with van der Waals surface area (Å²) in [5.41, 5.74) is -0.688.